The van der Waals surface area contributed by atoms with Crippen LogP contribution in [0.3, 0.4) is 0 Å². The van der Waals surface area contributed by atoms with E-state index in [1.165, 1.54) is 19.0 Å². The fourth-order valence-corrected chi connectivity index (χ4v) is 2.46. The van der Waals surface area contributed by atoms with Gasteiger partial charge in [0.2, 0.25) is 0 Å². The summed E-state index contributed by atoms with van der Waals surface area (Å²) in [5.41, 5.74) is 6.89. The van der Waals surface area contributed by atoms with Crippen LogP contribution in [0, 0.1) is 11.7 Å². The van der Waals surface area contributed by atoms with E-state index in [0.29, 0.717) is 5.92 Å². The van der Waals surface area contributed by atoms with Crippen molar-refractivity contribution < 1.29 is 4.39 Å². The Bertz CT molecular complexity index is 373. The fourth-order valence-electron chi connectivity index (χ4n) is 2.46. The molecule has 1 aromatic rings. The highest BCUT2D eigenvalue weighted by atomic mass is 35.5. The van der Waals surface area contributed by atoms with Gasteiger partial charge in [0, 0.05) is 25.3 Å². The zero-order chi connectivity index (χ0) is 12.3. The van der Waals surface area contributed by atoms with Crippen LogP contribution >= 0.6 is 12.4 Å². The molecule has 2 rings (SSSR count). The van der Waals surface area contributed by atoms with E-state index < -0.39 is 0 Å². The monoisotopic (exact) mass is 273 g/mol. The molecule has 18 heavy (non-hydrogen) atoms. The van der Waals surface area contributed by atoms with Gasteiger partial charge in [-0.1, -0.05) is 0 Å². The highest BCUT2D eigenvalue weighted by molar-refractivity contribution is 5.85. The van der Waals surface area contributed by atoms with Gasteiger partial charge in [-0.15, -0.1) is 12.4 Å². The molecule has 2 N–H and O–H groups in total. The van der Waals surface area contributed by atoms with Crippen LogP contribution in [0.1, 0.15) is 25.3 Å². The molecule has 1 aromatic heterocycles. The van der Waals surface area contributed by atoms with E-state index in [4.69, 9.17) is 5.73 Å². The van der Waals surface area contributed by atoms with Crippen molar-refractivity contribution in [3.63, 3.8) is 0 Å². The highest BCUT2D eigenvalue weighted by Gasteiger charge is 2.22. The second-order valence-electron chi connectivity index (χ2n) is 5.01. The largest absolute Gasteiger partial charge is 0.328 e. The van der Waals surface area contributed by atoms with E-state index in [0.717, 1.165) is 25.2 Å². The number of nitrogens with zero attached hydrogens (tertiary/aromatic N) is 2. The van der Waals surface area contributed by atoms with E-state index in [1.54, 1.807) is 12.3 Å². The molecule has 5 heteroatoms. The molecule has 0 saturated carbocycles. The number of halogens is 2. The first kappa shape index (κ1) is 15.3. The van der Waals surface area contributed by atoms with Crippen LogP contribution < -0.4 is 5.73 Å². The molecule has 1 aliphatic rings. The molecule has 0 spiro atoms. The third-order valence-corrected chi connectivity index (χ3v) is 3.45. The summed E-state index contributed by atoms with van der Waals surface area (Å²) in [5.74, 6) is 0.300. The Morgan fingerprint density at radius 3 is 3.00 bits per heavy atom. The summed E-state index contributed by atoms with van der Waals surface area (Å²) < 4.78 is 13.0. The summed E-state index contributed by atoms with van der Waals surface area (Å²) in [5, 5.41) is 0. The smallest absolute Gasteiger partial charge is 0.141 e. The lowest BCUT2D eigenvalue weighted by molar-refractivity contribution is 0.154. The molecule has 0 bridgehead atoms. The van der Waals surface area contributed by atoms with Crippen LogP contribution in [-0.4, -0.2) is 29.0 Å². The van der Waals surface area contributed by atoms with Crippen LogP contribution in [0.2, 0.25) is 0 Å². The van der Waals surface area contributed by atoms with Crippen molar-refractivity contribution in [2.45, 2.75) is 32.4 Å². The first-order chi connectivity index (χ1) is 8.15. The van der Waals surface area contributed by atoms with Crippen LogP contribution in [0.5, 0.6) is 0 Å². The summed E-state index contributed by atoms with van der Waals surface area (Å²) in [6.07, 6.45) is 5.35. The third kappa shape index (κ3) is 4.19. The summed E-state index contributed by atoms with van der Waals surface area (Å²) in [7, 11) is 0. The summed E-state index contributed by atoms with van der Waals surface area (Å²) in [4.78, 5) is 6.22. The maximum atomic E-state index is 13.0. The first-order valence-electron chi connectivity index (χ1n) is 6.22. The SMILES string of the molecule is CC(N)C1CCCN(Cc2cncc(F)c2)C1.Cl. The first-order valence-corrected chi connectivity index (χ1v) is 6.22. The van der Waals surface area contributed by atoms with Gasteiger partial charge in [-0.2, -0.15) is 0 Å². The lowest BCUT2D eigenvalue weighted by Gasteiger charge is -2.34. The van der Waals surface area contributed by atoms with Crippen molar-refractivity contribution in [3.8, 4) is 0 Å². The topological polar surface area (TPSA) is 42.1 Å². The Hall–Kier alpha value is -0.710. The molecule has 3 nitrogen and oxygen atoms in total. The molecule has 2 heterocycles. The van der Waals surface area contributed by atoms with E-state index >= 15 is 0 Å². The number of piperidine rings is 1. The lowest BCUT2D eigenvalue weighted by Crippen LogP contribution is -2.41. The second kappa shape index (κ2) is 7.02. The van der Waals surface area contributed by atoms with Crippen LogP contribution in [0.4, 0.5) is 4.39 Å². The van der Waals surface area contributed by atoms with Crippen molar-refractivity contribution in [1.29, 1.82) is 0 Å². The van der Waals surface area contributed by atoms with Crippen LogP contribution in [0.15, 0.2) is 18.5 Å². The quantitative estimate of drug-likeness (QED) is 0.918. The Kier molecular flexibility index (Phi) is 5.99. The van der Waals surface area contributed by atoms with Gasteiger partial charge in [0.05, 0.1) is 6.20 Å². The molecule has 1 fully saturated rings. The van der Waals surface area contributed by atoms with E-state index in [2.05, 4.69) is 16.8 Å². The van der Waals surface area contributed by atoms with Gasteiger partial charge in [0.1, 0.15) is 5.82 Å². The van der Waals surface area contributed by atoms with Gasteiger partial charge in [0.15, 0.2) is 0 Å². The summed E-state index contributed by atoms with van der Waals surface area (Å²) in [6, 6.07) is 1.80. The van der Waals surface area contributed by atoms with Crippen molar-refractivity contribution in [2.24, 2.45) is 11.7 Å². The van der Waals surface area contributed by atoms with Gasteiger partial charge >= 0.3 is 0 Å². The predicted octanol–water partition coefficient (Wildman–Crippen LogP) is 2.20. The summed E-state index contributed by atoms with van der Waals surface area (Å²) in [6.45, 7) is 4.92. The molecule has 2 unspecified atom stereocenters. The second-order valence-corrected chi connectivity index (χ2v) is 5.01. The van der Waals surface area contributed by atoms with Gasteiger partial charge in [-0.05, 0) is 43.9 Å². The minimum absolute atomic E-state index is 0. The van der Waals surface area contributed by atoms with Gasteiger partial charge in [0.25, 0.3) is 0 Å². The average molecular weight is 274 g/mol. The van der Waals surface area contributed by atoms with E-state index in [9.17, 15) is 4.39 Å². The summed E-state index contributed by atoms with van der Waals surface area (Å²) >= 11 is 0. The van der Waals surface area contributed by atoms with E-state index in [-0.39, 0.29) is 24.3 Å². The molecule has 0 aliphatic carbocycles. The van der Waals surface area contributed by atoms with Crippen LogP contribution in [0.25, 0.3) is 0 Å². The maximum absolute atomic E-state index is 13.0. The normalized spacial score (nSPS) is 22.3. The molecular weight excluding hydrogens is 253 g/mol. The molecule has 102 valence electrons. The zero-order valence-electron chi connectivity index (χ0n) is 10.7. The van der Waals surface area contributed by atoms with Gasteiger partial charge < -0.3 is 5.73 Å². The highest BCUT2D eigenvalue weighted by Crippen LogP contribution is 2.20. The number of hydrogen-bond donors (Lipinski definition) is 1. The Balaban J connectivity index is 0.00000162. The standard InChI is InChI=1S/C13H20FN3.ClH/c1-10(15)12-3-2-4-17(9-12)8-11-5-13(14)7-16-6-11;/h5-7,10,12H,2-4,8-9,15H2,1H3;1H. The Labute approximate surface area is 114 Å². The molecule has 1 aliphatic heterocycles. The Morgan fingerprint density at radius 2 is 2.33 bits per heavy atom. The van der Waals surface area contributed by atoms with Gasteiger partial charge in [-0.3, -0.25) is 9.88 Å². The molecule has 2 atom stereocenters. The number of nitrogens with two attached hydrogens (primary N) is 1. The predicted molar refractivity (Wildman–Crippen MR) is 73.1 cm³/mol. The number of pyridine rings is 1. The van der Waals surface area contributed by atoms with E-state index in [1.807, 2.05) is 0 Å². The lowest BCUT2D eigenvalue weighted by atomic mass is 9.92. The average Bonchev–Trinajstić information content (AvgIpc) is 2.29. The zero-order valence-corrected chi connectivity index (χ0v) is 11.5. The fraction of sp³-hybridized carbons (Fsp3) is 0.615. The van der Waals surface area contributed by atoms with Gasteiger partial charge in [-0.25, -0.2) is 4.39 Å². The molecular formula is C13H21ClFN3. The molecule has 1 saturated heterocycles. The van der Waals surface area contributed by atoms with Crippen molar-refractivity contribution >= 4 is 12.4 Å². The van der Waals surface area contributed by atoms with Crippen molar-refractivity contribution in [2.75, 3.05) is 13.1 Å². The number of hydrogen-bond acceptors (Lipinski definition) is 3. The number of likely N-dealkylation sites (tertiary alicyclic amines) is 1. The van der Waals surface area contributed by atoms with Crippen molar-refractivity contribution in [1.82, 2.24) is 9.88 Å². The maximum Gasteiger partial charge on any atom is 0.141 e. The van der Waals surface area contributed by atoms with Crippen molar-refractivity contribution in [3.05, 3.63) is 29.8 Å². The minimum Gasteiger partial charge on any atom is -0.328 e. The molecule has 0 radical (unpaired) electrons. The third-order valence-electron chi connectivity index (χ3n) is 3.45. The number of rotatable bonds is 3. The molecule has 0 amide bonds. The number of aromatic nitrogens is 1. The molecule has 0 aromatic carbocycles. The Morgan fingerprint density at radius 1 is 1.56 bits per heavy atom. The van der Waals surface area contributed by atoms with Crippen LogP contribution in [-0.2, 0) is 6.54 Å². The minimum atomic E-state index is -0.261.